The molecule has 0 unspecified atom stereocenters. The van der Waals surface area contributed by atoms with Crippen LogP contribution >= 0.6 is 11.6 Å². The van der Waals surface area contributed by atoms with Gasteiger partial charge in [-0.25, -0.2) is 8.42 Å². The van der Waals surface area contributed by atoms with E-state index in [1.54, 1.807) is 24.3 Å². The number of hydrogen-bond acceptors (Lipinski definition) is 4. The maximum Gasteiger partial charge on any atom is 0.244 e. The quantitative estimate of drug-likeness (QED) is 0.517. The lowest BCUT2D eigenvalue weighted by molar-refractivity contribution is -0.140. The first-order valence-corrected chi connectivity index (χ1v) is 13.1. The third-order valence-corrected chi connectivity index (χ3v) is 6.45. The highest BCUT2D eigenvalue weighted by Crippen LogP contribution is 2.21. The van der Waals surface area contributed by atoms with E-state index in [0.29, 0.717) is 23.7 Å². The number of hydrogen-bond donors (Lipinski definition) is 1. The van der Waals surface area contributed by atoms with Crippen molar-refractivity contribution in [2.45, 2.75) is 39.8 Å². The molecule has 2 rings (SSSR count). The molecule has 0 aliphatic rings. The van der Waals surface area contributed by atoms with Crippen molar-refractivity contribution in [3.8, 4) is 0 Å². The Morgan fingerprint density at radius 2 is 1.64 bits per heavy atom. The highest BCUT2D eigenvalue weighted by Gasteiger charge is 2.31. The third kappa shape index (κ3) is 8.05. The van der Waals surface area contributed by atoms with E-state index in [0.717, 1.165) is 16.1 Å². The first-order valence-electron chi connectivity index (χ1n) is 10.9. The van der Waals surface area contributed by atoms with Crippen LogP contribution in [0.4, 0.5) is 5.69 Å². The highest BCUT2D eigenvalue weighted by molar-refractivity contribution is 7.92. The summed E-state index contributed by atoms with van der Waals surface area (Å²) in [5, 5.41) is 3.35. The van der Waals surface area contributed by atoms with Gasteiger partial charge in [-0.15, -0.1) is 0 Å². The molecule has 0 fully saturated rings. The number of sulfonamides is 1. The van der Waals surface area contributed by atoms with Gasteiger partial charge in [0.05, 0.1) is 11.9 Å². The molecule has 7 nitrogen and oxygen atoms in total. The van der Waals surface area contributed by atoms with Gasteiger partial charge in [-0.05, 0) is 42.2 Å². The number of amides is 2. The molecular weight excluding hydrogens is 462 g/mol. The van der Waals surface area contributed by atoms with Gasteiger partial charge in [-0.2, -0.15) is 0 Å². The average Bonchev–Trinajstić information content (AvgIpc) is 2.76. The van der Waals surface area contributed by atoms with Gasteiger partial charge >= 0.3 is 0 Å². The van der Waals surface area contributed by atoms with E-state index in [1.807, 2.05) is 51.1 Å². The van der Waals surface area contributed by atoms with Gasteiger partial charge in [-0.3, -0.25) is 13.9 Å². The fourth-order valence-electron chi connectivity index (χ4n) is 3.34. The number of anilines is 1. The van der Waals surface area contributed by atoms with Crippen LogP contribution in [0.25, 0.3) is 0 Å². The van der Waals surface area contributed by atoms with Crippen LogP contribution in [0, 0.1) is 5.92 Å². The normalized spacial score (nSPS) is 12.3. The van der Waals surface area contributed by atoms with Crippen molar-refractivity contribution >= 4 is 39.1 Å². The standard InChI is InChI=1S/C24H32ClN3O4S/c1-5-22(24(30)26-15-18(2)3)27(16-19-9-7-6-8-10-19)23(29)17-28(33(4,31)32)21-13-11-20(25)12-14-21/h6-14,18,22H,5,15-17H2,1-4H3,(H,26,30)/t22-/m0/s1. The lowest BCUT2D eigenvalue weighted by Crippen LogP contribution is -2.52. The fourth-order valence-corrected chi connectivity index (χ4v) is 4.32. The molecular formula is C24H32ClN3O4S. The third-order valence-electron chi connectivity index (χ3n) is 5.06. The Morgan fingerprint density at radius 1 is 1.03 bits per heavy atom. The van der Waals surface area contributed by atoms with Crippen molar-refractivity contribution in [1.82, 2.24) is 10.2 Å². The summed E-state index contributed by atoms with van der Waals surface area (Å²) in [5.41, 5.74) is 1.17. The molecule has 1 atom stereocenters. The number of carbonyl (C=O) groups is 2. The summed E-state index contributed by atoms with van der Waals surface area (Å²) < 4.78 is 26.1. The van der Waals surface area contributed by atoms with E-state index in [4.69, 9.17) is 11.6 Å². The van der Waals surface area contributed by atoms with E-state index in [1.165, 1.54) is 4.90 Å². The Balaban J connectivity index is 2.37. The van der Waals surface area contributed by atoms with E-state index in [-0.39, 0.29) is 18.4 Å². The van der Waals surface area contributed by atoms with E-state index in [9.17, 15) is 18.0 Å². The number of nitrogens with zero attached hydrogens (tertiary/aromatic N) is 2. The predicted molar refractivity (Wildman–Crippen MR) is 133 cm³/mol. The van der Waals surface area contributed by atoms with Crippen molar-refractivity contribution < 1.29 is 18.0 Å². The largest absolute Gasteiger partial charge is 0.354 e. The van der Waals surface area contributed by atoms with Crippen molar-refractivity contribution in [3.05, 3.63) is 65.2 Å². The molecule has 0 saturated heterocycles. The first-order chi connectivity index (χ1) is 15.5. The molecule has 2 aromatic carbocycles. The molecule has 0 bridgehead atoms. The molecule has 0 spiro atoms. The number of carbonyl (C=O) groups excluding carboxylic acids is 2. The summed E-state index contributed by atoms with van der Waals surface area (Å²) in [6.45, 7) is 6.06. The summed E-state index contributed by atoms with van der Waals surface area (Å²) in [7, 11) is -3.76. The zero-order valence-corrected chi connectivity index (χ0v) is 21.1. The van der Waals surface area contributed by atoms with E-state index < -0.39 is 28.5 Å². The summed E-state index contributed by atoms with van der Waals surface area (Å²) >= 11 is 5.94. The fraction of sp³-hybridized carbons (Fsp3) is 0.417. The van der Waals surface area contributed by atoms with Crippen LogP contribution in [0.1, 0.15) is 32.8 Å². The number of nitrogens with one attached hydrogen (secondary N) is 1. The Bertz CT molecular complexity index is 1030. The zero-order chi connectivity index (χ0) is 24.6. The average molecular weight is 494 g/mol. The van der Waals surface area contributed by atoms with Crippen molar-refractivity contribution in [2.24, 2.45) is 5.92 Å². The topological polar surface area (TPSA) is 86.8 Å². The molecule has 0 aliphatic carbocycles. The van der Waals surface area contributed by atoms with Crippen LogP contribution in [0.2, 0.25) is 5.02 Å². The van der Waals surface area contributed by atoms with Crippen LogP contribution in [0.5, 0.6) is 0 Å². The second-order valence-corrected chi connectivity index (χ2v) is 10.7. The Morgan fingerprint density at radius 3 is 2.15 bits per heavy atom. The van der Waals surface area contributed by atoms with Gasteiger partial charge in [0.1, 0.15) is 12.6 Å². The molecule has 1 N–H and O–H groups in total. The molecule has 2 amide bonds. The summed E-state index contributed by atoms with van der Waals surface area (Å²) in [5.74, 6) is -0.464. The molecule has 33 heavy (non-hydrogen) atoms. The van der Waals surface area contributed by atoms with Gasteiger partial charge in [0.2, 0.25) is 21.8 Å². The Kier molecular flexibility index (Phi) is 9.73. The van der Waals surface area contributed by atoms with Gasteiger partial charge in [0, 0.05) is 18.1 Å². The maximum absolute atomic E-state index is 13.5. The first kappa shape index (κ1) is 26.7. The van der Waals surface area contributed by atoms with Crippen LogP contribution in [-0.2, 0) is 26.2 Å². The number of halogens is 1. The van der Waals surface area contributed by atoms with Crippen LogP contribution in [0.15, 0.2) is 54.6 Å². The molecule has 180 valence electrons. The SMILES string of the molecule is CC[C@@H](C(=O)NCC(C)C)N(Cc1ccccc1)C(=O)CN(c1ccc(Cl)cc1)S(C)(=O)=O. The summed E-state index contributed by atoms with van der Waals surface area (Å²) in [4.78, 5) is 27.9. The van der Waals surface area contributed by atoms with Crippen LogP contribution < -0.4 is 9.62 Å². The minimum Gasteiger partial charge on any atom is -0.354 e. The van der Waals surface area contributed by atoms with E-state index in [2.05, 4.69) is 5.32 Å². The summed E-state index contributed by atoms with van der Waals surface area (Å²) in [6.07, 6.45) is 1.44. The Hall–Kier alpha value is -2.58. The van der Waals surface area contributed by atoms with Gasteiger partial charge in [-0.1, -0.05) is 62.7 Å². The van der Waals surface area contributed by atoms with Gasteiger partial charge in [0.25, 0.3) is 0 Å². The second kappa shape index (κ2) is 12.0. The molecule has 0 saturated carbocycles. The predicted octanol–water partition coefficient (Wildman–Crippen LogP) is 3.69. The lowest BCUT2D eigenvalue weighted by atomic mass is 10.1. The maximum atomic E-state index is 13.5. The molecule has 0 heterocycles. The van der Waals surface area contributed by atoms with Crippen LogP contribution in [-0.4, -0.2) is 50.5 Å². The molecule has 9 heteroatoms. The lowest BCUT2D eigenvalue weighted by Gasteiger charge is -2.33. The highest BCUT2D eigenvalue weighted by atomic mass is 35.5. The molecule has 0 aromatic heterocycles. The molecule has 0 aliphatic heterocycles. The molecule has 2 aromatic rings. The van der Waals surface area contributed by atoms with E-state index >= 15 is 0 Å². The smallest absolute Gasteiger partial charge is 0.244 e. The number of rotatable bonds is 11. The Labute approximate surface area is 201 Å². The monoisotopic (exact) mass is 493 g/mol. The summed E-state index contributed by atoms with van der Waals surface area (Å²) in [6, 6.07) is 14.8. The van der Waals surface area contributed by atoms with Crippen molar-refractivity contribution in [2.75, 3.05) is 23.7 Å². The minimum absolute atomic E-state index is 0.186. The zero-order valence-electron chi connectivity index (χ0n) is 19.5. The van der Waals surface area contributed by atoms with Crippen molar-refractivity contribution in [3.63, 3.8) is 0 Å². The second-order valence-electron chi connectivity index (χ2n) is 8.32. The van der Waals surface area contributed by atoms with Crippen LogP contribution in [0.3, 0.4) is 0 Å². The molecule has 0 radical (unpaired) electrons. The number of benzene rings is 2. The minimum atomic E-state index is -3.76. The van der Waals surface area contributed by atoms with Gasteiger partial charge < -0.3 is 10.2 Å². The van der Waals surface area contributed by atoms with Gasteiger partial charge in [0.15, 0.2) is 0 Å². The van der Waals surface area contributed by atoms with Crippen molar-refractivity contribution in [1.29, 1.82) is 0 Å².